The van der Waals surface area contributed by atoms with Crippen molar-refractivity contribution >= 4 is 29.5 Å². The molecule has 0 bridgehead atoms. The Hall–Kier alpha value is -2.49. The van der Waals surface area contributed by atoms with Crippen LogP contribution in [0, 0.1) is 6.92 Å². The van der Waals surface area contributed by atoms with Gasteiger partial charge in [-0.1, -0.05) is 11.6 Å². The van der Waals surface area contributed by atoms with Gasteiger partial charge in [-0.25, -0.2) is 4.79 Å². The summed E-state index contributed by atoms with van der Waals surface area (Å²) >= 11 is 5.82. The first-order chi connectivity index (χ1) is 12.6. The lowest BCUT2D eigenvalue weighted by atomic mass is 10.2. The van der Waals surface area contributed by atoms with E-state index in [1.54, 1.807) is 23.5 Å². The van der Waals surface area contributed by atoms with Gasteiger partial charge in [0.25, 0.3) is 5.91 Å². The van der Waals surface area contributed by atoms with Crippen LogP contribution in [-0.2, 0) is 14.3 Å². The second-order valence-electron chi connectivity index (χ2n) is 5.37. The molecule has 0 fully saturated rings. The topological polar surface area (TPSA) is 93.7 Å². The molecule has 1 rings (SSSR count). The molecule has 0 spiro atoms. The van der Waals surface area contributed by atoms with E-state index in [-0.39, 0.29) is 13.0 Å². The normalized spacial score (nSPS) is 10.9. The fourth-order valence-electron chi connectivity index (χ4n) is 1.78. The zero-order valence-electron chi connectivity index (χ0n) is 14.3. The lowest BCUT2D eigenvalue weighted by Crippen LogP contribution is -2.44. The molecule has 0 atom stereocenters. The van der Waals surface area contributed by atoms with Gasteiger partial charge in [0, 0.05) is 11.4 Å². The number of halogens is 4. The molecule has 0 unspecified atom stereocenters. The number of nitrogens with one attached hydrogen (secondary N) is 2. The number of ether oxygens (including phenoxy) is 2. The quantitative estimate of drug-likeness (QED) is 0.507. The summed E-state index contributed by atoms with van der Waals surface area (Å²) in [6, 6.07) is 3.76. The first kappa shape index (κ1) is 22.6. The van der Waals surface area contributed by atoms with Crippen molar-refractivity contribution in [3.05, 3.63) is 28.8 Å². The van der Waals surface area contributed by atoms with Gasteiger partial charge in [-0.2, -0.15) is 13.2 Å². The van der Waals surface area contributed by atoms with E-state index in [1.807, 2.05) is 6.92 Å². The molecule has 0 radical (unpaired) electrons. The molecule has 7 nitrogen and oxygen atoms in total. The summed E-state index contributed by atoms with van der Waals surface area (Å²) in [6.07, 6.45) is -4.33. The van der Waals surface area contributed by atoms with Crippen LogP contribution >= 0.6 is 11.6 Å². The maximum atomic E-state index is 11.9. The van der Waals surface area contributed by atoms with E-state index in [1.165, 1.54) is 5.32 Å². The van der Waals surface area contributed by atoms with Crippen molar-refractivity contribution in [1.29, 1.82) is 0 Å². The molecule has 0 aliphatic carbocycles. The maximum absolute atomic E-state index is 11.9. The van der Waals surface area contributed by atoms with Crippen molar-refractivity contribution in [3.63, 3.8) is 0 Å². The molecule has 27 heavy (non-hydrogen) atoms. The Kier molecular flexibility index (Phi) is 8.86. The number of aryl methyl sites for hydroxylation is 1. The van der Waals surface area contributed by atoms with E-state index in [4.69, 9.17) is 16.3 Å². The minimum Gasteiger partial charge on any atom is -0.493 e. The molecular formula is C16H18ClF3N2O5. The molecule has 1 aromatic rings. The smallest absolute Gasteiger partial charge is 0.405 e. The Labute approximate surface area is 158 Å². The number of benzene rings is 1. The van der Waals surface area contributed by atoms with E-state index in [0.29, 0.717) is 17.2 Å². The number of hydrogen-bond acceptors (Lipinski definition) is 5. The van der Waals surface area contributed by atoms with Crippen molar-refractivity contribution < 1.29 is 37.0 Å². The van der Waals surface area contributed by atoms with Crippen LogP contribution in [0.3, 0.4) is 0 Å². The van der Waals surface area contributed by atoms with E-state index in [9.17, 15) is 27.6 Å². The molecule has 1 aromatic carbocycles. The standard InChI is InChI=1S/C16H18ClF3N2O5/c1-10-7-11(17)4-5-12(10)26-6-2-3-14(24)27-8-13(23)22-15(25)21-9-16(18,19)20/h4-5,7H,2-3,6,8-9H2,1H3,(H2,21,22,23,25). The van der Waals surface area contributed by atoms with Gasteiger partial charge in [-0.15, -0.1) is 0 Å². The van der Waals surface area contributed by atoms with Gasteiger partial charge < -0.3 is 14.8 Å². The molecule has 0 aliphatic rings. The van der Waals surface area contributed by atoms with Crippen LogP contribution in [0.15, 0.2) is 18.2 Å². The summed E-state index contributed by atoms with van der Waals surface area (Å²) in [5.74, 6) is -1.13. The van der Waals surface area contributed by atoms with E-state index >= 15 is 0 Å². The van der Waals surface area contributed by atoms with Crippen LogP contribution in [0.25, 0.3) is 0 Å². The highest BCUT2D eigenvalue weighted by molar-refractivity contribution is 6.30. The highest BCUT2D eigenvalue weighted by Gasteiger charge is 2.28. The van der Waals surface area contributed by atoms with Crippen molar-refractivity contribution in [2.75, 3.05) is 19.8 Å². The molecule has 2 N–H and O–H groups in total. The largest absolute Gasteiger partial charge is 0.493 e. The van der Waals surface area contributed by atoms with E-state index in [0.717, 1.165) is 5.56 Å². The predicted octanol–water partition coefficient (Wildman–Crippen LogP) is 2.74. The van der Waals surface area contributed by atoms with Crippen molar-refractivity contribution in [1.82, 2.24) is 10.6 Å². The minimum atomic E-state index is -4.60. The number of carbonyl (C=O) groups excluding carboxylic acids is 3. The van der Waals surface area contributed by atoms with Crippen molar-refractivity contribution in [2.45, 2.75) is 25.9 Å². The molecule has 0 aromatic heterocycles. The Morgan fingerprint density at radius 3 is 2.56 bits per heavy atom. The number of amides is 3. The molecule has 0 heterocycles. The Bertz CT molecular complexity index is 683. The van der Waals surface area contributed by atoms with Gasteiger partial charge in [0.15, 0.2) is 6.61 Å². The van der Waals surface area contributed by atoms with E-state index < -0.39 is 37.2 Å². The maximum Gasteiger partial charge on any atom is 0.405 e. The first-order valence-corrected chi connectivity index (χ1v) is 8.13. The summed E-state index contributed by atoms with van der Waals surface area (Å²) in [5.41, 5.74) is 0.838. The Balaban J connectivity index is 2.17. The molecule has 0 saturated heterocycles. The zero-order valence-corrected chi connectivity index (χ0v) is 15.1. The summed E-state index contributed by atoms with van der Waals surface area (Å²) in [6.45, 7) is -0.322. The van der Waals surface area contributed by atoms with Crippen LogP contribution in [0.5, 0.6) is 5.75 Å². The molecule has 0 saturated carbocycles. The minimum absolute atomic E-state index is 0.0415. The highest BCUT2D eigenvalue weighted by atomic mass is 35.5. The lowest BCUT2D eigenvalue weighted by Gasteiger charge is -2.10. The Morgan fingerprint density at radius 2 is 1.93 bits per heavy atom. The average Bonchev–Trinajstić information content (AvgIpc) is 2.56. The number of urea groups is 1. The number of hydrogen-bond donors (Lipinski definition) is 2. The van der Waals surface area contributed by atoms with Crippen LogP contribution in [0.4, 0.5) is 18.0 Å². The summed E-state index contributed by atoms with van der Waals surface area (Å²) in [5, 5.41) is 3.63. The molecule has 3 amide bonds. The van der Waals surface area contributed by atoms with E-state index in [2.05, 4.69) is 4.74 Å². The molecular weight excluding hydrogens is 393 g/mol. The second kappa shape index (κ2) is 10.6. The van der Waals surface area contributed by atoms with Crippen LogP contribution in [0.2, 0.25) is 5.02 Å². The lowest BCUT2D eigenvalue weighted by molar-refractivity contribution is -0.148. The number of imide groups is 1. The van der Waals surface area contributed by atoms with Crippen LogP contribution < -0.4 is 15.4 Å². The summed E-state index contributed by atoms with van der Waals surface area (Å²) in [7, 11) is 0. The van der Waals surface area contributed by atoms with Crippen molar-refractivity contribution in [3.8, 4) is 5.75 Å². The Morgan fingerprint density at radius 1 is 1.22 bits per heavy atom. The monoisotopic (exact) mass is 410 g/mol. The third kappa shape index (κ3) is 10.3. The third-order valence-electron chi connectivity index (χ3n) is 2.99. The van der Waals surface area contributed by atoms with Gasteiger partial charge in [0.2, 0.25) is 0 Å². The molecule has 0 aliphatic heterocycles. The fourth-order valence-corrected chi connectivity index (χ4v) is 2.01. The molecule has 11 heteroatoms. The number of alkyl halides is 3. The average molecular weight is 411 g/mol. The van der Waals surface area contributed by atoms with Gasteiger partial charge >= 0.3 is 18.2 Å². The van der Waals surface area contributed by atoms with Gasteiger partial charge in [0.05, 0.1) is 6.61 Å². The number of rotatable bonds is 8. The second-order valence-corrected chi connectivity index (χ2v) is 5.80. The SMILES string of the molecule is Cc1cc(Cl)ccc1OCCCC(=O)OCC(=O)NC(=O)NCC(F)(F)F. The molecule has 150 valence electrons. The van der Waals surface area contributed by atoms with Gasteiger partial charge in [-0.3, -0.25) is 14.9 Å². The van der Waals surface area contributed by atoms with Gasteiger partial charge in [-0.05, 0) is 37.1 Å². The van der Waals surface area contributed by atoms with Crippen LogP contribution in [0.1, 0.15) is 18.4 Å². The van der Waals surface area contributed by atoms with Crippen molar-refractivity contribution in [2.24, 2.45) is 0 Å². The summed E-state index contributed by atoms with van der Waals surface area (Å²) < 4.78 is 45.8. The highest BCUT2D eigenvalue weighted by Crippen LogP contribution is 2.21. The predicted molar refractivity (Wildman–Crippen MR) is 89.5 cm³/mol. The number of esters is 1. The van der Waals surface area contributed by atoms with Crippen LogP contribution in [-0.4, -0.2) is 43.8 Å². The first-order valence-electron chi connectivity index (χ1n) is 7.76. The van der Waals surface area contributed by atoms with Gasteiger partial charge in [0.1, 0.15) is 12.3 Å². The third-order valence-corrected chi connectivity index (χ3v) is 3.22. The fraction of sp³-hybridized carbons (Fsp3) is 0.438. The number of carbonyl (C=O) groups is 3. The zero-order chi connectivity index (χ0) is 20.4. The summed E-state index contributed by atoms with van der Waals surface area (Å²) in [4.78, 5) is 33.8.